The van der Waals surface area contributed by atoms with E-state index in [1.54, 1.807) is 12.1 Å². The molecule has 0 aliphatic heterocycles. The summed E-state index contributed by atoms with van der Waals surface area (Å²) in [5.41, 5.74) is 0.385. The molecule has 5 heteroatoms. The first-order valence-corrected chi connectivity index (χ1v) is 4.49. The maximum Gasteiger partial charge on any atom is 0.339 e. The van der Waals surface area contributed by atoms with E-state index in [0.29, 0.717) is 11.3 Å². The van der Waals surface area contributed by atoms with Gasteiger partial charge in [-0.1, -0.05) is 6.07 Å². The standard InChI is InChI=1S/C11H11NO4/c1-15-8-4-3-7(5-6-12)9(11(13)14)10(8)16-2/h3-4H,5H2,1-2H3,(H,13,14). The molecule has 0 fully saturated rings. The molecule has 1 aromatic rings. The molecule has 1 rings (SSSR count). The summed E-state index contributed by atoms with van der Waals surface area (Å²) < 4.78 is 9.99. The van der Waals surface area contributed by atoms with Crippen LogP contribution in [0, 0.1) is 11.3 Å². The molecule has 0 aromatic heterocycles. The van der Waals surface area contributed by atoms with Crippen molar-refractivity contribution in [1.82, 2.24) is 0 Å². The second-order valence-electron chi connectivity index (χ2n) is 2.98. The number of benzene rings is 1. The Hall–Kier alpha value is -2.22. The van der Waals surface area contributed by atoms with Crippen LogP contribution >= 0.6 is 0 Å². The highest BCUT2D eigenvalue weighted by Crippen LogP contribution is 2.33. The summed E-state index contributed by atoms with van der Waals surface area (Å²) in [7, 11) is 2.79. The average Bonchev–Trinajstić information content (AvgIpc) is 2.28. The lowest BCUT2D eigenvalue weighted by molar-refractivity contribution is 0.0691. The number of carbonyl (C=O) groups is 1. The van der Waals surface area contributed by atoms with E-state index in [1.807, 2.05) is 6.07 Å². The molecule has 0 spiro atoms. The highest BCUT2D eigenvalue weighted by atomic mass is 16.5. The van der Waals surface area contributed by atoms with Gasteiger partial charge in [-0.2, -0.15) is 5.26 Å². The van der Waals surface area contributed by atoms with Crippen LogP contribution in [0.5, 0.6) is 11.5 Å². The Morgan fingerprint density at radius 2 is 2.12 bits per heavy atom. The van der Waals surface area contributed by atoms with E-state index in [4.69, 9.17) is 19.8 Å². The highest BCUT2D eigenvalue weighted by Gasteiger charge is 2.20. The average molecular weight is 221 g/mol. The van der Waals surface area contributed by atoms with Crippen molar-refractivity contribution in [2.24, 2.45) is 0 Å². The van der Waals surface area contributed by atoms with Crippen LogP contribution in [-0.2, 0) is 6.42 Å². The van der Waals surface area contributed by atoms with Crippen molar-refractivity contribution in [2.75, 3.05) is 14.2 Å². The van der Waals surface area contributed by atoms with Gasteiger partial charge in [0.1, 0.15) is 5.56 Å². The Morgan fingerprint density at radius 3 is 2.56 bits per heavy atom. The first kappa shape index (κ1) is 11.9. The third-order valence-electron chi connectivity index (χ3n) is 2.12. The minimum Gasteiger partial charge on any atom is -0.493 e. The molecule has 0 unspecified atom stereocenters. The second-order valence-corrected chi connectivity index (χ2v) is 2.98. The van der Waals surface area contributed by atoms with Gasteiger partial charge in [-0.25, -0.2) is 4.79 Å². The Morgan fingerprint density at radius 1 is 1.44 bits per heavy atom. The molecule has 0 aliphatic carbocycles. The summed E-state index contributed by atoms with van der Waals surface area (Å²) in [5, 5.41) is 17.7. The third-order valence-corrected chi connectivity index (χ3v) is 2.12. The quantitative estimate of drug-likeness (QED) is 0.832. The van der Waals surface area contributed by atoms with Gasteiger partial charge in [-0.15, -0.1) is 0 Å². The molecular weight excluding hydrogens is 210 g/mol. The summed E-state index contributed by atoms with van der Waals surface area (Å²) in [6, 6.07) is 5.04. The monoisotopic (exact) mass is 221 g/mol. The predicted octanol–water partition coefficient (Wildman–Crippen LogP) is 1.47. The van der Waals surface area contributed by atoms with Crippen LogP contribution in [0.15, 0.2) is 12.1 Å². The Bertz CT molecular complexity index is 448. The topological polar surface area (TPSA) is 79.5 Å². The number of rotatable bonds is 4. The SMILES string of the molecule is COc1ccc(CC#N)c(C(=O)O)c1OC. The molecule has 1 N–H and O–H groups in total. The molecule has 0 atom stereocenters. The lowest BCUT2D eigenvalue weighted by Gasteiger charge is -2.12. The number of hydrogen-bond acceptors (Lipinski definition) is 4. The third kappa shape index (κ3) is 2.06. The first-order chi connectivity index (χ1) is 7.65. The van der Waals surface area contributed by atoms with Gasteiger partial charge in [0.15, 0.2) is 11.5 Å². The van der Waals surface area contributed by atoms with Crippen LogP contribution in [0.4, 0.5) is 0 Å². The second kappa shape index (κ2) is 5.03. The molecule has 1 aromatic carbocycles. The largest absolute Gasteiger partial charge is 0.493 e. The summed E-state index contributed by atoms with van der Waals surface area (Å²) >= 11 is 0. The van der Waals surface area contributed by atoms with Crippen molar-refractivity contribution in [1.29, 1.82) is 5.26 Å². The Kier molecular flexibility index (Phi) is 3.72. The zero-order chi connectivity index (χ0) is 12.1. The first-order valence-electron chi connectivity index (χ1n) is 4.49. The van der Waals surface area contributed by atoms with Gasteiger partial charge in [0, 0.05) is 0 Å². The van der Waals surface area contributed by atoms with Crippen LogP contribution in [0.3, 0.4) is 0 Å². The van der Waals surface area contributed by atoms with Gasteiger partial charge in [-0.3, -0.25) is 0 Å². The molecule has 16 heavy (non-hydrogen) atoms. The minimum atomic E-state index is -1.14. The summed E-state index contributed by atoms with van der Waals surface area (Å²) in [4.78, 5) is 11.1. The molecule has 84 valence electrons. The molecule has 0 aliphatic rings. The Balaban J connectivity index is 3.45. The van der Waals surface area contributed by atoms with E-state index in [1.165, 1.54) is 14.2 Å². The lowest BCUT2D eigenvalue weighted by atomic mass is 10.0. The lowest BCUT2D eigenvalue weighted by Crippen LogP contribution is -2.06. The predicted molar refractivity (Wildman–Crippen MR) is 55.8 cm³/mol. The van der Waals surface area contributed by atoms with Gasteiger partial charge in [0.05, 0.1) is 26.7 Å². The van der Waals surface area contributed by atoms with Crippen molar-refractivity contribution >= 4 is 5.97 Å². The fourth-order valence-electron chi connectivity index (χ4n) is 1.43. The summed E-state index contributed by atoms with van der Waals surface area (Å²) in [6.07, 6.45) is 0.0159. The molecule has 0 saturated heterocycles. The molecule has 0 radical (unpaired) electrons. The van der Waals surface area contributed by atoms with Crippen molar-refractivity contribution in [3.05, 3.63) is 23.3 Å². The number of nitriles is 1. The zero-order valence-corrected chi connectivity index (χ0v) is 8.98. The molecule has 0 saturated carbocycles. The molecule has 0 amide bonds. The fraction of sp³-hybridized carbons (Fsp3) is 0.273. The van der Waals surface area contributed by atoms with Crippen LogP contribution < -0.4 is 9.47 Å². The summed E-state index contributed by atoms with van der Waals surface area (Å²) in [6.45, 7) is 0. The van der Waals surface area contributed by atoms with Crippen molar-refractivity contribution in [2.45, 2.75) is 6.42 Å². The van der Waals surface area contributed by atoms with E-state index in [-0.39, 0.29) is 17.7 Å². The van der Waals surface area contributed by atoms with Gasteiger partial charge in [-0.05, 0) is 11.6 Å². The van der Waals surface area contributed by atoms with Gasteiger partial charge in [0.2, 0.25) is 0 Å². The van der Waals surface area contributed by atoms with E-state index in [2.05, 4.69) is 0 Å². The van der Waals surface area contributed by atoms with Crippen LogP contribution in [0.2, 0.25) is 0 Å². The smallest absolute Gasteiger partial charge is 0.339 e. The van der Waals surface area contributed by atoms with E-state index >= 15 is 0 Å². The van der Waals surface area contributed by atoms with Crippen molar-refractivity contribution in [3.8, 4) is 17.6 Å². The van der Waals surface area contributed by atoms with E-state index in [0.717, 1.165) is 0 Å². The van der Waals surface area contributed by atoms with Crippen LogP contribution in [0.25, 0.3) is 0 Å². The van der Waals surface area contributed by atoms with Crippen molar-refractivity contribution < 1.29 is 19.4 Å². The molecule has 5 nitrogen and oxygen atoms in total. The van der Waals surface area contributed by atoms with Gasteiger partial charge >= 0.3 is 5.97 Å². The van der Waals surface area contributed by atoms with Crippen LogP contribution in [0.1, 0.15) is 15.9 Å². The zero-order valence-electron chi connectivity index (χ0n) is 8.98. The number of aromatic carboxylic acids is 1. The maximum absolute atomic E-state index is 11.1. The fourth-order valence-corrected chi connectivity index (χ4v) is 1.43. The van der Waals surface area contributed by atoms with E-state index in [9.17, 15) is 4.79 Å². The minimum absolute atomic E-state index is 0.0159. The molecule has 0 bridgehead atoms. The highest BCUT2D eigenvalue weighted by molar-refractivity contribution is 5.94. The molecular formula is C11H11NO4. The Labute approximate surface area is 92.8 Å². The van der Waals surface area contributed by atoms with Crippen LogP contribution in [-0.4, -0.2) is 25.3 Å². The maximum atomic E-state index is 11.1. The van der Waals surface area contributed by atoms with Crippen molar-refractivity contribution in [3.63, 3.8) is 0 Å². The number of carboxylic acids is 1. The number of carboxylic acid groups (broad SMARTS) is 1. The molecule has 0 heterocycles. The van der Waals surface area contributed by atoms with Gasteiger partial charge in [0.25, 0.3) is 0 Å². The number of ether oxygens (including phenoxy) is 2. The summed E-state index contributed by atoms with van der Waals surface area (Å²) in [5.74, 6) is -0.662. The number of nitrogens with zero attached hydrogens (tertiary/aromatic N) is 1. The van der Waals surface area contributed by atoms with Gasteiger partial charge < -0.3 is 14.6 Å². The number of hydrogen-bond donors (Lipinski definition) is 1. The van der Waals surface area contributed by atoms with E-state index < -0.39 is 5.97 Å². The number of methoxy groups -OCH3 is 2. The normalized spacial score (nSPS) is 9.31.